The van der Waals surface area contributed by atoms with Crippen LogP contribution in [0.4, 0.5) is 5.69 Å². The zero-order chi connectivity index (χ0) is 45.1. The zero-order valence-corrected chi connectivity index (χ0v) is 37.3. The normalized spacial score (nSPS) is 15.1. The number of carbonyl (C=O) groups is 4. The summed E-state index contributed by atoms with van der Waals surface area (Å²) in [7, 11) is 0. The molecule has 0 saturated carbocycles. The predicted molar refractivity (Wildman–Crippen MR) is 235 cm³/mol. The van der Waals surface area contributed by atoms with Crippen LogP contribution in [0.25, 0.3) is 0 Å². The van der Waals surface area contributed by atoms with Gasteiger partial charge in [0, 0.05) is 64.0 Å². The molecule has 1 aliphatic heterocycles. The highest BCUT2D eigenvalue weighted by Crippen LogP contribution is 2.18. The zero-order valence-electron chi connectivity index (χ0n) is 37.3. The van der Waals surface area contributed by atoms with E-state index < -0.39 is 28.1 Å². The summed E-state index contributed by atoms with van der Waals surface area (Å²) < 4.78 is 22.8. The molecular weight excluding hydrogens is 795 g/mol. The minimum absolute atomic E-state index is 0.00950. The van der Waals surface area contributed by atoms with Crippen LogP contribution in [0.5, 0.6) is 0 Å². The van der Waals surface area contributed by atoms with Crippen molar-refractivity contribution in [1.29, 1.82) is 0 Å². The van der Waals surface area contributed by atoms with Gasteiger partial charge in [-0.05, 0) is 77.5 Å². The third-order valence-electron chi connectivity index (χ3n) is 10.0. The van der Waals surface area contributed by atoms with E-state index >= 15 is 0 Å². The number of aryl methyl sites for hydroxylation is 1. The van der Waals surface area contributed by atoms with E-state index in [2.05, 4.69) is 4.90 Å². The van der Waals surface area contributed by atoms with Crippen molar-refractivity contribution in [1.82, 2.24) is 19.6 Å². The number of nitro groups is 1. The van der Waals surface area contributed by atoms with E-state index in [9.17, 15) is 29.3 Å². The summed E-state index contributed by atoms with van der Waals surface area (Å²) in [5, 5.41) is 11.3. The number of benzene rings is 3. The maximum atomic E-state index is 13.6. The number of nitro benzene ring substituents is 1. The Morgan fingerprint density at radius 2 is 1.03 bits per heavy atom. The second-order valence-electron chi connectivity index (χ2n) is 17.7. The molecule has 0 spiro atoms. The standard InChI is InChI=1S/C47H65N5O10/c1-46(2,3)61-44(55)31-49-26-24-48(25-27-50(29-28-49)32-45(56)62-47(4,5)6)30-41(19-13-18-37-20-22-40(23-21-37)52(57)58)51(33-42(53)59-35-38-14-9-7-10-15-38)34-43(54)60-36-39-16-11-8-12-17-39/h7-12,14-17,20-23,41H,13,18-19,24-36H2,1-6H3. The van der Waals surface area contributed by atoms with Crippen LogP contribution in [-0.2, 0) is 57.8 Å². The smallest absolute Gasteiger partial charge is 0.320 e. The van der Waals surface area contributed by atoms with E-state index in [0.29, 0.717) is 65.1 Å². The van der Waals surface area contributed by atoms with E-state index in [4.69, 9.17) is 18.9 Å². The number of ether oxygens (including phenoxy) is 4. The Kier molecular flexibility index (Phi) is 19.5. The van der Waals surface area contributed by atoms with Gasteiger partial charge in [-0.15, -0.1) is 0 Å². The van der Waals surface area contributed by atoms with Crippen molar-refractivity contribution in [2.45, 2.75) is 91.3 Å². The minimum Gasteiger partial charge on any atom is -0.460 e. The predicted octanol–water partition coefficient (Wildman–Crippen LogP) is 5.68. The molecule has 15 heteroatoms. The van der Waals surface area contributed by atoms with Crippen LogP contribution in [0.1, 0.15) is 71.1 Å². The molecule has 1 heterocycles. The first-order valence-corrected chi connectivity index (χ1v) is 21.4. The summed E-state index contributed by atoms with van der Waals surface area (Å²) in [6.45, 7) is 14.5. The topological polar surface area (TPSA) is 161 Å². The molecule has 0 bridgehead atoms. The van der Waals surface area contributed by atoms with E-state index in [-0.39, 0.29) is 63.1 Å². The fourth-order valence-corrected chi connectivity index (χ4v) is 7.02. The van der Waals surface area contributed by atoms with Gasteiger partial charge in [0.05, 0.1) is 31.1 Å². The Morgan fingerprint density at radius 3 is 1.44 bits per heavy atom. The first kappa shape index (κ1) is 49.4. The highest BCUT2D eigenvalue weighted by atomic mass is 16.6. The Balaban J connectivity index is 1.61. The molecule has 338 valence electrons. The average molecular weight is 860 g/mol. The van der Waals surface area contributed by atoms with E-state index in [1.165, 1.54) is 12.1 Å². The van der Waals surface area contributed by atoms with Crippen LogP contribution < -0.4 is 0 Å². The monoisotopic (exact) mass is 859 g/mol. The van der Waals surface area contributed by atoms with Crippen molar-refractivity contribution in [2.24, 2.45) is 0 Å². The molecule has 1 aliphatic rings. The number of rotatable bonds is 20. The van der Waals surface area contributed by atoms with Crippen molar-refractivity contribution in [3.63, 3.8) is 0 Å². The molecular formula is C47H65N5O10. The van der Waals surface area contributed by atoms with Crippen LogP contribution >= 0.6 is 0 Å². The fraction of sp³-hybridized carbons (Fsp3) is 0.532. The minimum atomic E-state index is -0.652. The second-order valence-corrected chi connectivity index (χ2v) is 17.7. The average Bonchev–Trinajstić information content (AvgIpc) is 3.29. The van der Waals surface area contributed by atoms with Gasteiger partial charge < -0.3 is 18.9 Å². The van der Waals surface area contributed by atoms with E-state index in [1.54, 1.807) is 12.1 Å². The van der Waals surface area contributed by atoms with Gasteiger partial charge in [0.15, 0.2) is 0 Å². The maximum absolute atomic E-state index is 13.6. The first-order chi connectivity index (χ1) is 29.4. The molecule has 1 fully saturated rings. The first-order valence-electron chi connectivity index (χ1n) is 21.4. The van der Waals surface area contributed by atoms with Crippen LogP contribution in [0.3, 0.4) is 0 Å². The van der Waals surface area contributed by atoms with Crippen LogP contribution in [-0.4, -0.2) is 138 Å². The highest BCUT2D eigenvalue weighted by Gasteiger charge is 2.29. The summed E-state index contributed by atoms with van der Waals surface area (Å²) in [5.74, 6) is -1.69. The van der Waals surface area contributed by atoms with Crippen LogP contribution in [0.15, 0.2) is 84.9 Å². The largest absolute Gasteiger partial charge is 0.460 e. The Labute approximate surface area is 366 Å². The van der Waals surface area contributed by atoms with Gasteiger partial charge in [-0.25, -0.2) is 0 Å². The molecule has 0 radical (unpaired) electrons. The van der Waals surface area contributed by atoms with Gasteiger partial charge in [-0.2, -0.15) is 0 Å². The molecule has 3 aromatic carbocycles. The molecule has 62 heavy (non-hydrogen) atoms. The Hall–Kier alpha value is -5.22. The summed E-state index contributed by atoms with van der Waals surface area (Å²) >= 11 is 0. The maximum Gasteiger partial charge on any atom is 0.320 e. The number of esters is 4. The highest BCUT2D eigenvalue weighted by molar-refractivity contribution is 5.75. The number of carbonyl (C=O) groups excluding carboxylic acids is 4. The molecule has 1 atom stereocenters. The van der Waals surface area contributed by atoms with Crippen molar-refractivity contribution >= 4 is 29.6 Å². The van der Waals surface area contributed by atoms with Gasteiger partial charge in [-0.3, -0.25) is 48.9 Å². The molecule has 0 N–H and O–H groups in total. The quantitative estimate of drug-likeness (QED) is 0.0591. The molecule has 1 unspecified atom stereocenters. The number of nitrogens with zero attached hydrogens (tertiary/aromatic N) is 5. The summed E-state index contributed by atoms with van der Waals surface area (Å²) in [6, 6.07) is 24.8. The van der Waals surface area contributed by atoms with Gasteiger partial charge in [0.2, 0.25) is 0 Å². The van der Waals surface area contributed by atoms with Crippen LogP contribution in [0.2, 0.25) is 0 Å². The van der Waals surface area contributed by atoms with E-state index in [1.807, 2.05) is 117 Å². The van der Waals surface area contributed by atoms with Crippen molar-refractivity contribution in [3.8, 4) is 0 Å². The summed E-state index contributed by atoms with van der Waals surface area (Å²) in [6.07, 6.45) is 1.79. The lowest BCUT2D eigenvalue weighted by Gasteiger charge is -2.35. The third-order valence-corrected chi connectivity index (χ3v) is 10.0. The van der Waals surface area contributed by atoms with Crippen molar-refractivity contribution < 1.29 is 43.0 Å². The third kappa shape index (κ3) is 19.7. The molecule has 0 amide bonds. The fourth-order valence-electron chi connectivity index (χ4n) is 7.02. The lowest BCUT2D eigenvalue weighted by molar-refractivity contribution is -0.384. The van der Waals surface area contributed by atoms with Crippen molar-refractivity contribution in [2.75, 3.05) is 72.0 Å². The molecule has 15 nitrogen and oxygen atoms in total. The molecule has 1 saturated heterocycles. The van der Waals surface area contributed by atoms with Gasteiger partial charge in [-0.1, -0.05) is 72.8 Å². The Morgan fingerprint density at radius 1 is 0.613 bits per heavy atom. The number of hydrogen-bond donors (Lipinski definition) is 0. The summed E-state index contributed by atoms with van der Waals surface area (Å²) in [5.41, 5.74) is 1.29. The van der Waals surface area contributed by atoms with Gasteiger partial charge in [0.25, 0.3) is 5.69 Å². The van der Waals surface area contributed by atoms with E-state index in [0.717, 1.165) is 16.7 Å². The lowest BCUT2D eigenvalue weighted by atomic mass is 10.0. The Bertz CT molecular complexity index is 1770. The molecule has 0 aromatic heterocycles. The lowest BCUT2D eigenvalue weighted by Crippen LogP contribution is -2.50. The molecule has 3 aromatic rings. The molecule has 4 rings (SSSR count). The van der Waals surface area contributed by atoms with Gasteiger partial charge >= 0.3 is 23.9 Å². The van der Waals surface area contributed by atoms with Gasteiger partial charge in [0.1, 0.15) is 24.4 Å². The summed E-state index contributed by atoms with van der Waals surface area (Å²) in [4.78, 5) is 72.3. The van der Waals surface area contributed by atoms with Crippen LogP contribution in [0, 0.1) is 10.1 Å². The number of non-ortho nitro benzene ring substituents is 1. The van der Waals surface area contributed by atoms with Crippen molar-refractivity contribution in [3.05, 3.63) is 112 Å². The molecule has 0 aliphatic carbocycles. The SMILES string of the molecule is CC(C)(C)OC(=O)CN1CCN(CC(=O)OC(C)(C)C)CCN(CC(CCCc2ccc([N+](=O)[O-])cc2)N(CC(=O)OCc2ccccc2)CC(=O)OCc2ccccc2)CC1. The number of hydrogen-bond acceptors (Lipinski definition) is 14. The second kappa shape index (κ2) is 24.4.